The van der Waals surface area contributed by atoms with Crippen LogP contribution in [0.4, 0.5) is 0 Å². The van der Waals surface area contributed by atoms with Gasteiger partial charge >= 0.3 is 0 Å². The molecule has 9 heavy (non-hydrogen) atoms. The van der Waals surface area contributed by atoms with Crippen molar-refractivity contribution < 1.29 is 32.7 Å². The van der Waals surface area contributed by atoms with E-state index < -0.39 is 0 Å². The number of aliphatic imine (C=N–C) groups is 1. The van der Waals surface area contributed by atoms with Crippen LogP contribution in [0.3, 0.4) is 0 Å². The number of hydrogen-bond donors (Lipinski definition) is 0. The Hall–Kier alpha value is 0.574. The van der Waals surface area contributed by atoms with Gasteiger partial charge in [-0.25, -0.2) is 0 Å². The molecule has 0 heterocycles. The Morgan fingerprint density at radius 3 is 1.89 bits per heavy atom. The molecule has 0 aromatic rings. The third-order valence-corrected chi connectivity index (χ3v) is 0.975. The molecule has 51 valence electrons. The smallest absolute Gasteiger partial charge is 0 e. The monoisotopic (exact) mass is 202 g/mol. The predicted octanol–water partition coefficient (Wildman–Crippen LogP) is 1.67. The number of hydrogen-bond acceptors (Lipinski definition) is 1. The number of rotatable bonds is 1. The summed E-state index contributed by atoms with van der Waals surface area (Å²) in [6.45, 7) is 4.16. The minimum Gasteiger partial charge on any atom is -0.472 e. The van der Waals surface area contributed by atoms with Gasteiger partial charge in [0.25, 0.3) is 0 Å². The molecular formula is C6H13N2Y-. The Kier molecular flexibility index (Phi) is 9.12. The molecule has 3 heteroatoms. The predicted molar refractivity (Wildman–Crippen MR) is 37.5 cm³/mol. The van der Waals surface area contributed by atoms with E-state index in [1.807, 2.05) is 0 Å². The van der Waals surface area contributed by atoms with Gasteiger partial charge in [0.1, 0.15) is 0 Å². The van der Waals surface area contributed by atoms with Gasteiger partial charge in [0.15, 0.2) is 0 Å². The molecule has 0 aliphatic rings. The zero-order chi connectivity index (χ0) is 6.57. The van der Waals surface area contributed by atoms with Gasteiger partial charge in [-0.15, -0.1) is 0 Å². The molecule has 0 aliphatic carbocycles. The zero-order valence-electron chi connectivity index (χ0n) is 6.55. The fourth-order valence-corrected chi connectivity index (χ4v) is 0.616. The number of amidine groups is 1. The molecular weight excluding hydrogens is 189 g/mol. The van der Waals surface area contributed by atoms with Gasteiger partial charge in [0.05, 0.1) is 0 Å². The van der Waals surface area contributed by atoms with Gasteiger partial charge in [-0.2, -0.15) is 0 Å². The molecule has 0 rings (SSSR count). The summed E-state index contributed by atoms with van der Waals surface area (Å²) in [5.74, 6) is 1.40. The van der Waals surface area contributed by atoms with E-state index in [1.165, 1.54) is 0 Å². The van der Waals surface area contributed by atoms with Crippen LogP contribution in [0.25, 0.3) is 5.32 Å². The minimum atomic E-state index is 0. The van der Waals surface area contributed by atoms with Crippen LogP contribution >= 0.6 is 0 Å². The topological polar surface area (TPSA) is 26.5 Å². The van der Waals surface area contributed by atoms with Crippen molar-refractivity contribution in [2.75, 3.05) is 14.1 Å². The quantitative estimate of drug-likeness (QED) is 0.456. The van der Waals surface area contributed by atoms with Gasteiger partial charge in [0.2, 0.25) is 0 Å². The second kappa shape index (κ2) is 6.69. The first-order valence-corrected chi connectivity index (χ1v) is 2.79. The minimum absolute atomic E-state index is 0. The van der Waals surface area contributed by atoms with Gasteiger partial charge in [-0.1, -0.05) is 33.8 Å². The maximum Gasteiger partial charge on any atom is 0 e. The molecule has 2 nitrogen and oxygen atoms in total. The summed E-state index contributed by atoms with van der Waals surface area (Å²) in [6, 6.07) is 0. The maximum atomic E-state index is 3.96. The van der Waals surface area contributed by atoms with Crippen LogP contribution in [0, 0.1) is 5.92 Å². The summed E-state index contributed by atoms with van der Waals surface area (Å²) in [6.07, 6.45) is 0. The van der Waals surface area contributed by atoms with Gasteiger partial charge in [-0.05, 0) is 5.92 Å². The van der Waals surface area contributed by atoms with Gasteiger partial charge in [0, 0.05) is 32.7 Å². The molecule has 0 aromatic carbocycles. The molecule has 0 atom stereocenters. The van der Waals surface area contributed by atoms with Crippen LogP contribution in [0.15, 0.2) is 4.99 Å². The van der Waals surface area contributed by atoms with Crippen molar-refractivity contribution in [3.8, 4) is 0 Å². The van der Waals surface area contributed by atoms with E-state index >= 15 is 0 Å². The standard InChI is InChI=1S/C6H13N2.Y/c1-5(2)6(7-3)8-4;/h5H,1-4H3;/q-1;. The summed E-state index contributed by atoms with van der Waals surface area (Å²) in [5.41, 5.74) is 0. The van der Waals surface area contributed by atoms with E-state index in [0.29, 0.717) is 5.92 Å². The molecule has 0 fully saturated rings. The first kappa shape index (κ1) is 12.3. The molecule has 0 aromatic heterocycles. The first-order chi connectivity index (χ1) is 3.72. The van der Waals surface area contributed by atoms with Crippen LogP contribution in [0.1, 0.15) is 13.8 Å². The van der Waals surface area contributed by atoms with Crippen LogP contribution in [0.2, 0.25) is 0 Å². The van der Waals surface area contributed by atoms with E-state index in [4.69, 9.17) is 0 Å². The molecule has 0 N–H and O–H groups in total. The molecule has 1 radical (unpaired) electrons. The molecule has 0 aliphatic heterocycles. The van der Waals surface area contributed by atoms with E-state index in [2.05, 4.69) is 24.2 Å². The van der Waals surface area contributed by atoms with Gasteiger partial charge < -0.3 is 10.3 Å². The maximum absolute atomic E-state index is 3.96. The third-order valence-electron chi connectivity index (χ3n) is 0.975. The third kappa shape index (κ3) is 5.04. The van der Waals surface area contributed by atoms with Crippen molar-refractivity contribution >= 4 is 5.84 Å². The van der Waals surface area contributed by atoms with E-state index in [9.17, 15) is 0 Å². The molecule has 0 saturated heterocycles. The summed E-state index contributed by atoms with van der Waals surface area (Å²) < 4.78 is 0. The first-order valence-electron chi connectivity index (χ1n) is 2.79. The van der Waals surface area contributed by atoms with Crippen molar-refractivity contribution in [3.63, 3.8) is 0 Å². The average molecular weight is 202 g/mol. The summed E-state index contributed by atoms with van der Waals surface area (Å²) >= 11 is 0. The second-order valence-electron chi connectivity index (χ2n) is 1.96. The molecule has 0 bridgehead atoms. The molecule has 0 saturated carbocycles. The van der Waals surface area contributed by atoms with Gasteiger partial charge in [-0.3, -0.25) is 0 Å². The molecule has 0 unspecified atom stereocenters. The van der Waals surface area contributed by atoms with Crippen LogP contribution < -0.4 is 0 Å². The van der Waals surface area contributed by atoms with Crippen LogP contribution in [-0.2, 0) is 32.7 Å². The van der Waals surface area contributed by atoms with Crippen LogP contribution in [0.5, 0.6) is 0 Å². The Morgan fingerprint density at radius 1 is 1.44 bits per heavy atom. The molecule has 0 amide bonds. The van der Waals surface area contributed by atoms with Crippen molar-refractivity contribution in [2.45, 2.75) is 13.8 Å². The Balaban J connectivity index is 0. The van der Waals surface area contributed by atoms with E-state index in [-0.39, 0.29) is 32.7 Å². The summed E-state index contributed by atoms with van der Waals surface area (Å²) in [7, 11) is 3.53. The Bertz CT molecular complexity index is 89.1. The molecule has 0 spiro atoms. The van der Waals surface area contributed by atoms with Crippen molar-refractivity contribution in [1.29, 1.82) is 0 Å². The average Bonchev–Trinajstić information content (AvgIpc) is 1.69. The van der Waals surface area contributed by atoms with Crippen LogP contribution in [-0.4, -0.2) is 19.9 Å². The summed E-state index contributed by atoms with van der Waals surface area (Å²) in [4.78, 5) is 3.96. The number of nitrogens with zero attached hydrogens (tertiary/aromatic N) is 2. The largest absolute Gasteiger partial charge is 0.472 e. The van der Waals surface area contributed by atoms with Crippen molar-refractivity contribution in [2.24, 2.45) is 10.9 Å². The zero-order valence-corrected chi connectivity index (χ0v) is 9.39. The van der Waals surface area contributed by atoms with Crippen molar-refractivity contribution in [1.82, 2.24) is 0 Å². The summed E-state index contributed by atoms with van der Waals surface area (Å²) in [5, 5.41) is 3.96. The Morgan fingerprint density at radius 2 is 1.89 bits per heavy atom. The van der Waals surface area contributed by atoms with E-state index in [1.54, 1.807) is 14.1 Å². The van der Waals surface area contributed by atoms with Crippen molar-refractivity contribution in [3.05, 3.63) is 5.32 Å². The normalized spacial score (nSPS) is 11.0. The Labute approximate surface area is 82.4 Å². The fourth-order valence-electron chi connectivity index (χ4n) is 0.616. The SMILES string of the molecule is CN=C([N-]C)C(C)C.[Y]. The fraction of sp³-hybridized carbons (Fsp3) is 0.833. The second-order valence-corrected chi connectivity index (χ2v) is 1.96. The van der Waals surface area contributed by atoms with E-state index in [0.717, 1.165) is 5.84 Å².